The Morgan fingerprint density at radius 3 is 2.62 bits per heavy atom. The monoisotopic (exact) mass is 243 g/mol. The number of nitrogens with one attached hydrogen (secondary N) is 1. The summed E-state index contributed by atoms with van der Waals surface area (Å²) in [5, 5.41) is 0.882. The molecule has 2 nitrogen and oxygen atoms in total. The van der Waals surface area contributed by atoms with E-state index in [4.69, 9.17) is 0 Å². The van der Waals surface area contributed by atoms with Gasteiger partial charge in [-0.15, -0.1) is 0 Å². The number of carbonyl (C=O) groups is 1. The van der Waals surface area contributed by atoms with E-state index in [1.807, 2.05) is 0 Å². The molecule has 0 aliphatic rings. The van der Waals surface area contributed by atoms with Crippen LogP contribution >= 0.6 is 32.1 Å². The first-order valence-electron chi connectivity index (χ1n) is 2.26. The molecule has 1 N–H and O–H groups in total. The van der Waals surface area contributed by atoms with Gasteiger partial charge in [-0.3, -0.25) is 9.14 Å². The third-order valence-corrected chi connectivity index (χ3v) is 1.65. The molecule has 0 aliphatic carbocycles. The van der Waals surface area contributed by atoms with Crippen LogP contribution in [-0.2, 0) is 4.79 Å². The quantitative estimate of drug-likeness (QED) is 0.593. The van der Waals surface area contributed by atoms with Crippen LogP contribution in [0.15, 0.2) is 0 Å². The van der Waals surface area contributed by atoms with Crippen LogP contribution in [0.5, 0.6) is 0 Å². The van der Waals surface area contributed by atoms with Gasteiger partial charge in [0.15, 0.2) is 0 Å². The molecule has 8 heavy (non-hydrogen) atoms. The average molecular weight is 245 g/mol. The van der Waals surface area contributed by atoms with Crippen LogP contribution in [0.25, 0.3) is 0 Å². The molecule has 1 amide bonds. The third-order valence-electron chi connectivity index (χ3n) is 0.643. The maximum Gasteiger partial charge on any atom is 0.229 e. The van der Waals surface area contributed by atoms with Gasteiger partial charge in [0.05, 0.1) is 0 Å². The second-order valence-corrected chi connectivity index (χ2v) is 2.50. The minimum Gasteiger partial charge on any atom is -0.293 e. The third kappa shape index (κ3) is 4.59. The number of halogens is 2. The van der Waals surface area contributed by atoms with Crippen molar-refractivity contribution in [2.75, 3.05) is 5.33 Å². The van der Waals surface area contributed by atoms with Gasteiger partial charge in [-0.25, -0.2) is 0 Å². The molecule has 0 saturated carbocycles. The second kappa shape index (κ2) is 5.56. The first-order chi connectivity index (χ1) is 3.81. The minimum atomic E-state index is 0.0319. The number of amides is 1. The highest BCUT2D eigenvalue weighted by Gasteiger charge is 1.94. The van der Waals surface area contributed by atoms with E-state index in [0.29, 0.717) is 6.42 Å². The van der Waals surface area contributed by atoms with Crippen LogP contribution in [0.2, 0.25) is 0 Å². The van der Waals surface area contributed by atoms with Crippen molar-refractivity contribution in [3.63, 3.8) is 0 Å². The molecule has 0 bridgehead atoms. The lowest BCUT2D eigenvalue weighted by molar-refractivity contribution is -0.119. The van der Waals surface area contributed by atoms with Gasteiger partial charge in [-0.1, -0.05) is 15.9 Å². The number of rotatable bonds is 3. The highest BCUT2D eigenvalue weighted by Crippen LogP contribution is 1.93. The molecule has 0 fully saturated rings. The van der Waals surface area contributed by atoms with Gasteiger partial charge in [0, 0.05) is 27.9 Å². The predicted molar refractivity (Wildman–Crippen MR) is 40.1 cm³/mol. The summed E-state index contributed by atoms with van der Waals surface area (Å²) in [6.45, 7) is 0. The fourth-order valence-electron chi connectivity index (χ4n) is 0.275. The molecule has 0 rings (SSSR count). The van der Waals surface area contributed by atoms with Gasteiger partial charge < -0.3 is 0 Å². The molecular weight excluding hydrogens is 238 g/mol. The van der Waals surface area contributed by atoms with Crippen molar-refractivity contribution in [3.8, 4) is 0 Å². The summed E-state index contributed by atoms with van der Waals surface area (Å²) in [6, 6.07) is 0. The minimum absolute atomic E-state index is 0.0319. The summed E-state index contributed by atoms with van der Waals surface area (Å²) >= 11 is 6.04. The Morgan fingerprint density at radius 2 is 2.25 bits per heavy atom. The fourth-order valence-corrected chi connectivity index (χ4v) is 0.753. The lowest BCUT2D eigenvalue weighted by atomic mass is 10.3. The van der Waals surface area contributed by atoms with Gasteiger partial charge in [-0.05, 0) is 6.42 Å². The number of hydrogen-bond acceptors (Lipinski definition) is 1. The SMILES string of the molecule is O=C(CCCBr)NBr. The summed E-state index contributed by atoms with van der Waals surface area (Å²) in [5.41, 5.74) is 0. The number of carbonyl (C=O) groups excluding carboxylic acids is 1. The van der Waals surface area contributed by atoms with Gasteiger partial charge in [0.25, 0.3) is 0 Å². The van der Waals surface area contributed by atoms with Crippen molar-refractivity contribution in [3.05, 3.63) is 0 Å². The molecule has 0 radical (unpaired) electrons. The van der Waals surface area contributed by atoms with Crippen molar-refractivity contribution < 1.29 is 4.79 Å². The van der Waals surface area contributed by atoms with E-state index >= 15 is 0 Å². The van der Waals surface area contributed by atoms with Gasteiger partial charge in [-0.2, -0.15) is 0 Å². The van der Waals surface area contributed by atoms with E-state index in [1.54, 1.807) is 0 Å². The van der Waals surface area contributed by atoms with Gasteiger partial charge >= 0.3 is 0 Å². The predicted octanol–water partition coefficient (Wildman–Crippen LogP) is 1.59. The van der Waals surface area contributed by atoms with Crippen molar-refractivity contribution in [2.45, 2.75) is 12.8 Å². The molecule has 0 aromatic rings. The molecule has 0 aliphatic heterocycles. The van der Waals surface area contributed by atoms with Crippen LogP contribution in [0.4, 0.5) is 0 Å². The van der Waals surface area contributed by atoms with Gasteiger partial charge in [0.1, 0.15) is 0 Å². The van der Waals surface area contributed by atoms with E-state index in [2.05, 4.69) is 36.4 Å². The first-order valence-corrected chi connectivity index (χ1v) is 4.18. The van der Waals surface area contributed by atoms with E-state index in [1.165, 1.54) is 0 Å². The standard InChI is InChI=1S/C4H7Br2NO/c5-3-1-2-4(8)7-6/h1-3H2,(H,7,8). The summed E-state index contributed by atoms with van der Waals surface area (Å²) in [5.74, 6) is 0.0319. The Hall–Kier alpha value is 0.430. The Balaban J connectivity index is 2.99. The summed E-state index contributed by atoms with van der Waals surface area (Å²) < 4.78 is 2.35. The molecule has 4 heteroatoms. The zero-order chi connectivity index (χ0) is 6.41. The number of hydrogen-bond donors (Lipinski definition) is 1. The number of alkyl halides is 1. The van der Waals surface area contributed by atoms with Crippen LogP contribution in [0.3, 0.4) is 0 Å². The molecule has 0 spiro atoms. The molecule has 0 heterocycles. The molecule has 48 valence electrons. The topological polar surface area (TPSA) is 29.1 Å². The normalized spacial score (nSPS) is 8.75. The lowest BCUT2D eigenvalue weighted by Crippen LogP contribution is -2.10. The fraction of sp³-hybridized carbons (Fsp3) is 0.750. The van der Waals surface area contributed by atoms with Gasteiger partial charge in [0.2, 0.25) is 5.91 Å². The average Bonchev–Trinajstić information content (AvgIpc) is 1.83. The van der Waals surface area contributed by atoms with Crippen LogP contribution in [0, 0.1) is 0 Å². The van der Waals surface area contributed by atoms with Crippen LogP contribution in [0.1, 0.15) is 12.8 Å². The zero-order valence-electron chi connectivity index (χ0n) is 4.29. The Kier molecular flexibility index (Phi) is 5.86. The van der Waals surface area contributed by atoms with Crippen molar-refractivity contribution >= 4 is 38.0 Å². The maximum absolute atomic E-state index is 10.4. The second-order valence-electron chi connectivity index (χ2n) is 1.31. The molecule has 0 aromatic carbocycles. The first kappa shape index (κ1) is 8.43. The van der Waals surface area contributed by atoms with E-state index in [0.717, 1.165) is 11.8 Å². The molecule has 0 unspecified atom stereocenters. The van der Waals surface area contributed by atoms with Crippen LogP contribution in [-0.4, -0.2) is 11.2 Å². The molecule has 0 aromatic heterocycles. The molecular formula is C4H7Br2NO. The van der Waals surface area contributed by atoms with Crippen molar-refractivity contribution in [1.29, 1.82) is 0 Å². The summed E-state index contributed by atoms with van der Waals surface area (Å²) in [4.78, 5) is 10.4. The Labute approximate surface area is 65.5 Å². The Bertz CT molecular complexity index is 76.4. The smallest absolute Gasteiger partial charge is 0.229 e. The maximum atomic E-state index is 10.4. The van der Waals surface area contributed by atoms with E-state index < -0.39 is 0 Å². The highest BCUT2D eigenvalue weighted by molar-refractivity contribution is 9.09. The Morgan fingerprint density at radius 1 is 1.62 bits per heavy atom. The van der Waals surface area contributed by atoms with Crippen LogP contribution < -0.4 is 4.34 Å². The zero-order valence-corrected chi connectivity index (χ0v) is 7.46. The van der Waals surface area contributed by atoms with Crippen molar-refractivity contribution in [2.24, 2.45) is 0 Å². The van der Waals surface area contributed by atoms with E-state index in [9.17, 15) is 4.79 Å². The highest BCUT2D eigenvalue weighted by atomic mass is 79.9. The summed E-state index contributed by atoms with van der Waals surface area (Å²) in [6.07, 6.45) is 1.47. The summed E-state index contributed by atoms with van der Waals surface area (Å²) in [7, 11) is 0. The molecule has 0 saturated heterocycles. The van der Waals surface area contributed by atoms with E-state index in [-0.39, 0.29) is 5.91 Å². The largest absolute Gasteiger partial charge is 0.293 e. The lowest BCUT2D eigenvalue weighted by Gasteiger charge is -1.91. The molecule has 0 atom stereocenters. The van der Waals surface area contributed by atoms with Crippen molar-refractivity contribution in [1.82, 2.24) is 4.34 Å².